The second kappa shape index (κ2) is 5.02. The van der Waals surface area contributed by atoms with Gasteiger partial charge in [0, 0.05) is 6.42 Å². The first-order chi connectivity index (χ1) is 9.69. The normalized spacial score (nSPS) is 14.5. The van der Waals surface area contributed by atoms with Gasteiger partial charge < -0.3 is 19.0 Å². The van der Waals surface area contributed by atoms with Gasteiger partial charge in [-0.1, -0.05) is 6.07 Å². The second-order valence-corrected chi connectivity index (χ2v) is 4.56. The fraction of sp³-hybridized carbons (Fsp3) is 0.267. The number of hydrogen-bond donors (Lipinski definition) is 1. The van der Waals surface area contributed by atoms with E-state index in [4.69, 9.17) is 9.15 Å². The van der Waals surface area contributed by atoms with E-state index >= 15 is 0 Å². The van der Waals surface area contributed by atoms with Gasteiger partial charge in [-0.25, -0.2) is 4.79 Å². The summed E-state index contributed by atoms with van der Waals surface area (Å²) in [5, 5.41) is 10.3. The highest BCUT2D eigenvalue weighted by atomic mass is 16.5. The molecular weight excluding hydrogens is 260 g/mol. The number of ether oxygens (including phenoxy) is 2. The van der Waals surface area contributed by atoms with Crippen molar-refractivity contribution in [2.24, 2.45) is 0 Å². The van der Waals surface area contributed by atoms with Crippen molar-refractivity contribution in [2.45, 2.75) is 12.5 Å². The zero-order chi connectivity index (χ0) is 14.1. The summed E-state index contributed by atoms with van der Waals surface area (Å²) in [5.41, 5.74) is 1.78. The highest BCUT2D eigenvalue weighted by Crippen LogP contribution is 2.31. The van der Waals surface area contributed by atoms with Crippen LogP contribution in [0.3, 0.4) is 0 Å². The van der Waals surface area contributed by atoms with Crippen LogP contribution in [0.15, 0.2) is 34.7 Å². The summed E-state index contributed by atoms with van der Waals surface area (Å²) >= 11 is 0. The lowest BCUT2D eigenvalue weighted by atomic mass is 10.0. The van der Waals surface area contributed by atoms with E-state index in [-0.39, 0.29) is 5.76 Å². The number of benzene rings is 1. The molecule has 0 aliphatic carbocycles. The van der Waals surface area contributed by atoms with E-state index in [0.717, 1.165) is 17.7 Å². The Bertz CT molecular complexity index is 643. The van der Waals surface area contributed by atoms with Gasteiger partial charge in [0.25, 0.3) is 0 Å². The van der Waals surface area contributed by atoms with E-state index in [2.05, 4.69) is 4.74 Å². The topological polar surface area (TPSA) is 68.9 Å². The van der Waals surface area contributed by atoms with Gasteiger partial charge in [0.2, 0.25) is 5.76 Å². The molecule has 104 valence electrons. The van der Waals surface area contributed by atoms with Gasteiger partial charge in [0.05, 0.1) is 13.7 Å². The highest BCUT2D eigenvalue weighted by molar-refractivity contribution is 5.86. The molecule has 2 aromatic rings. The van der Waals surface area contributed by atoms with Crippen molar-refractivity contribution in [3.8, 4) is 5.75 Å². The molecule has 3 rings (SSSR count). The smallest absolute Gasteiger partial charge is 0.373 e. The molecule has 0 bridgehead atoms. The van der Waals surface area contributed by atoms with Crippen molar-refractivity contribution in [2.75, 3.05) is 13.7 Å². The average molecular weight is 274 g/mol. The van der Waals surface area contributed by atoms with E-state index in [1.54, 1.807) is 12.1 Å². The molecule has 1 aliphatic rings. The quantitative estimate of drug-likeness (QED) is 0.868. The predicted octanol–water partition coefficient (Wildman–Crippen LogP) is 2.08. The van der Waals surface area contributed by atoms with Crippen LogP contribution in [0.5, 0.6) is 5.75 Å². The zero-order valence-electron chi connectivity index (χ0n) is 11.0. The molecule has 0 saturated heterocycles. The molecule has 5 nitrogen and oxygen atoms in total. The van der Waals surface area contributed by atoms with Crippen LogP contribution in [0.4, 0.5) is 0 Å². The number of carbonyl (C=O) groups is 1. The Morgan fingerprint density at radius 2 is 2.20 bits per heavy atom. The van der Waals surface area contributed by atoms with E-state index < -0.39 is 12.1 Å². The molecule has 20 heavy (non-hydrogen) atoms. The lowest BCUT2D eigenvalue weighted by molar-refractivity contribution is 0.0558. The maximum absolute atomic E-state index is 11.3. The van der Waals surface area contributed by atoms with E-state index in [9.17, 15) is 9.90 Å². The monoisotopic (exact) mass is 274 g/mol. The van der Waals surface area contributed by atoms with Crippen LogP contribution in [0, 0.1) is 0 Å². The minimum absolute atomic E-state index is 0.0750. The standard InChI is InChI=1S/C15H14O5/c1-18-15(17)13-5-4-12(20-13)14(16)10-2-3-11-9(8-10)6-7-19-11/h2-5,8,14,16H,6-7H2,1H3. The average Bonchev–Trinajstić information content (AvgIpc) is 3.13. The molecule has 5 heteroatoms. The van der Waals surface area contributed by atoms with Gasteiger partial charge in [-0.05, 0) is 35.4 Å². The number of rotatable bonds is 3. The van der Waals surface area contributed by atoms with Crippen LogP contribution in [-0.4, -0.2) is 24.8 Å². The maximum Gasteiger partial charge on any atom is 0.373 e. The molecule has 0 radical (unpaired) electrons. The number of carbonyl (C=O) groups excluding carboxylic acids is 1. The summed E-state index contributed by atoms with van der Waals surface area (Å²) in [6.07, 6.45) is -0.0825. The SMILES string of the molecule is COC(=O)c1ccc(C(O)c2ccc3c(c2)CCO3)o1. The third-order valence-corrected chi connectivity index (χ3v) is 3.31. The van der Waals surface area contributed by atoms with Crippen LogP contribution < -0.4 is 4.74 Å². The van der Waals surface area contributed by atoms with Gasteiger partial charge in [-0.3, -0.25) is 0 Å². The summed E-state index contributed by atoms with van der Waals surface area (Å²) in [4.78, 5) is 11.3. The van der Waals surface area contributed by atoms with Gasteiger partial charge in [0.1, 0.15) is 17.6 Å². The number of aliphatic hydroxyl groups excluding tert-OH is 1. The largest absolute Gasteiger partial charge is 0.493 e. The Morgan fingerprint density at radius 1 is 1.35 bits per heavy atom. The van der Waals surface area contributed by atoms with E-state index in [1.807, 2.05) is 12.1 Å². The van der Waals surface area contributed by atoms with Gasteiger partial charge >= 0.3 is 5.97 Å². The molecular formula is C15H14O5. The fourth-order valence-corrected chi connectivity index (χ4v) is 2.25. The van der Waals surface area contributed by atoms with Gasteiger partial charge in [-0.2, -0.15) is 0 Å². The molecule has 0 amide bonds. The molecule has 1 aliphatic heterocycles. The van der Waals surface area contributed by atoms with Crippen LogP contribution in [-0.2, 0) is 11.2 Å². The molecule has 1 aromatic heterocycles. The van der Waals surface area contributed by atoms with Crippen molar-refractivity contribution in [1.82, 2.24) is 0 Å². The number of methoxy groups -OCH3 is 1. The van der Waals surface area contributed by atoms with Gasteiger partial charge in [0.15, 0.2) is 0 Å². The second-order valence-electron chi connectivity index (χ2n) is 4.56. The van der Waals surface area contributed by atoms with Crippen LogP contribution in [0.25, 0.3) is 0 Å². The summed E-state index contributed by atoms with van der Waals surface area (Å²) in [6.45, 7) is 0.669. The molecule has 1 atom stereocenters. The Hall–Kier alpha value is -2.27. The molecule has 0 saturated carbocycles. The molecule has 1 unspecified atom stereocenters. The number of fused-ring (bicyclic) bond motifs is 1. The maximum atomic E-state index is 11.3. The number of furan rings is 1. The van der Waals surface area contributed by atoms with E-state index in [1.165, 1.54) is 13.2 Å². The lowest BCUT2D eigenvalue weighted by Crippen LogP contribution is -2.00. The molecule has 1 N–H and O–H groups in total. The fourth-order valence-electron chi connectivity index (χ4n) is 2.25. The van der Waals surface area contributed by atoms with Gasteiger partial charge in [-0.15, -0.1) is 0 Å². The number of esters is 1. The van der Waals surface area contributed by atoms with Crippen molar-refractivity contribution in [3.63, 3.8) is 0 Å². The lowest BCUT2D eigenvalue weighted by Gasteiger charge is -2.09. The van der Waals surface area contributed by atoms with Crippen LogP contribution in [0.2, 0.25) is 0 Å². The molecule has 0 spiro atoms. The Morgan fingerprint density at radius 3 is 3.00 bits per heavy atom. The zero-order valence-corrected chi connectivity index (χ0v) is 11.0. The predicted molar refractivity (Wildman–Crippen MR) is 69.8 cm³/mol. The van der Waals surface area contributed by atoms with Crippen LogP contribution in [0.1, 0.15) is 33.5 Å². The number of aliphatic hydroxyl groups is 1. The summed E-state index contributed by atoms with van der Waals surface area (Å²) < 4.78 is 15.3. The first-order valence-corrected chi connectivity index (χ1v) is 6.31. The summed E-state index contributed by atoms with van der Waals surface area (Å²) in [6, 6.07) is 8.58. The number of hydrogen-bond acceptors (Lipinski definition) is 5. The summed E-state index contributed by atoms with van der Waals surface area (Å²) in [7, 11) is 1.28. The van der Waals surface area contributed by atoms with Crippen molar-refractivity contribution < 1.29 is 23.8 Å². The third-order valence-electron chi connectivity index (χ3n) is 3.31. The minimum Gasteiger partial charge on any atom is -0.493 e. The molecule has 2 heterocycles. The summed E-state index contributed by atoms with van der Waals surface area (Å²) in [5.74, 6) is 0.678. The van der Waals surface area contributed by atoms with Crippen molar-refractivity contribution in [3.05, 3.63) is 53.0 Å². The Balaban J connectivity index is 1.86. The van der Waals surface area contributed by atoms with Crippen molar-refractivity contribution in [1.29, 1.82) is 0 Å². The first-order valence-electron chi connectivity index (χ1n) is 6.31. The first kappa shape index (κ1) is 12.7. The Labute approximate surface area is 115 Å². The third kappa shape index (κ3) is 2.16. The van der Waals surface area contributed by atoms with Crippen molar-refractivity contribution >= 4 is 5.97 Å². The Kier molecular flexibility index (Phi) is 3.20. The molecule has 0 fully saturated rings. The van der Waals surface area contributed by atoms with Crippen LogP contribution >= 0.6 is 0 Å². The minimum atomic E-state index is -0.917. The van der Waals surface area contributed by atoms with E-state index in [0.29, 0.717) is 17.9 Å². The molecule has 1 aromatic carbocycles. The highest BCUT2D eigenvalue weighted by Gasteiger charge is 2.20.